The number of allylic oxidation sites excluding steroid dienone is 4. The van der Waals surface area contributed by atoms with E-state index in [1.54, 1.807) is 0 Å². The molecule has 12 heavy (non-hydrogen) atoms. The first-order chi connectivity index (χ1) is 5.60. The van der Waals surface area contributed by atoms with Gasteiger partial charge in [-0.1, -0.05) is 31.2 Å². The summed E-state index contributed by atoms with van der Waals surface area (Å²) in [6.45, 7) is 2.13. The van der Waals surface area contributed by atoms with Crippen molar-refractivity contribution in [2.45, 2.75) is 18.4 Å². The van der Waals surface area contributed by atoms with Crippen molar-refractivity contribution in [1.29, 1.82) is 0 Å². The van der Waals surface area contributed by atoms with Crippen LogP contribution in [-0.2, 0) is 4.79 Å². The lowest BCUT2D eigenvalue weighted by molar-refractivity contribution is -0.113. The molecule has 0 bridgehead atoms. The van der Waals surface area contributed by atoms with Gasteiger partial charge in [-0.15, -0.1) is 12.6 Å². The summed E-state index contributed by atoms with van der Waals surface area (Å²) in [4.78, 5) is 11.2. The number of hydrogen-bond donors (Lipinski definition) is 1. The van der Waals surface area contributed by atoms with Crippen LogP contribution in [0.2, 0.25) is 5.04 Å². The molecule has 0 fully saturated rings. The number of hydrogen-bond acceptors (Lipinski definition) is 1. The van der Waals surface area contributed by atoms with Crippen molar-refractivity contribution < 1.29 is 4.79 Å². The fourth-order valence-electron chi connectivity index (χ4n) is 1.48. The monoisotopic (exact) mass is 198 g/mol. The largest absolute Gasteiger partial charge is 0.287 e. The Balaban J connectivity index is 2.92. The van der Waals surface area contributed by atoms with Crippen molar-refractivity contribution in [3.05, 3.63) is 24.3 Å². The molecular formula is C9H14OSSi. The van der Waals surface area contributed by atoms with E-state index in [1.165, 1.54) is 0 Å². The summed E-state index contributed by atoms with van der Waals surface area (Å²) in [5, 5.41) is 0.0978. The Hall–Kier alpha value is -0.283. The average molecular weight is 198 g/mol. The Bertz CT molecular complexity index is 247. The average Bonchev–Trinajstić information content (AvgIpc) is 2.05. The summed E-state index contributed by atoms with van der Waals surface area (Å²) >= 11 is 3.91. The van der Waals surface area contributed by atoms with Gasteiger partial charge in [0.05, 0.1) is 5.92 Å². The lowest BCUT2D eigenvalue weighted by Crippen LogP contribution is -2.26. The smallest absolute Gasteiger partial charge is 0.193 e. The predicted octanol–water partition coefficient (Wildman–Crippen LogP) is 1.12. The summed E-state index contributed by atoms with van der Waals surface area (Å²) in [6.07, 6.45) is 9.11. The second kappa shape index (κ2) is 3.62. The van der Waals surface area contributed by atoms with Gasteiger partial charge in [0.25, 0.3) is 0 Å². The van der Waals surface area contributed by atoms with Gasteiger partial charge < -0.3 is 0 Å². The predicted molar refractivity (Wildman–Crippen MR) is 58.7 cm³/mol. The molecule has 0 saturated carbocycles. The van der Waals surface area contributed by atoms with Crippen LogP contribution in [0.3, 0.4) is 0 Å². The molecule has 1 aliphatic carbocycles. The lowest BCUT2D eigenvalue weighted by atomic mass is 9.86. The van der Waals surface area contributed by atoms with E-state index in [-0.39, 0.29) is 16.1 Å². The highest BCUT2D eigenvalue weighted by Crippen LogP contribution is 2.41. The highest BCUT2D eigenvalue weighted by molar-refractivity contribution is 7.96. The van der Waals surface area contributed by atoms with E-state index in [2.05, 4.69) is 25.6 Å². The van der Waals surface area contributed by atoms with Crippen LogP contribution in [0.4, 0.5) is 0 Å². The molecule has 0 radical (unpaired) electrons. The summed E-state index contributed by atoms with van der Waals surface area (Å²) < 4.78 is 0. The van der Waals surface area contributed by atoms with E-state index in [0.29, 0.717) is 0 Å². The molecule has 3 heteroatoms. The molecule has 2 atom stereocenters. The summed E-state index contributed by atoms with van der Waals surface area (Å²) in [6, 6.07) is 0. The third-order valence-electron chi connectivity index (χ3n) is 2.63. The third-order valence-corrected chi connectivity index (χ3v) is 4.57. The minimum atomic E-state index is -0.00699. The number of rotatable bonds is 2. The van der Waals surface area contributed by atoms with Gasteiger partial charge in [-0.2, -0.15) is 0 Å². The van der Waals surface area contributed by atoms with E-state index in [1.807, 2.05) is 18.2 Å². The van der Waals surface area contributed by atoms with E-state index < -0.39 is 0 Å². The molecule has 1 aliphatic rings. The molecule has 0 aromatic heterocycles. The first kappa shape index (κ1) is 9.80. The first-order valence-electron chi connectivity index (χ1n) is 4.19. The molecule has 1 nitrogen and oxygen atoms in total. The van der Waals surface area contributed by atoms with E-state index >= 15 is 0 Å². The number of thiol groups is 1. The Morgan fingerprint density at radius 3 is 2.75 bits per heavy atom. The molecule has 0 heterocycles. The Morgan fingerprint density at radius 1 is 1.67 bits per heavy atom. The Labute approximate surface area is 81.8 Å². The Kier molecular flexibility index (Phi) is 2.96. The topological polar surface area (TPSA) is 17.1 Å². The highest BCUT2D eigenvalue weighted by atomic mass is 32.1. The van der Waals surface area contributed by atoms with Gasteiger partial charge in [-0.3, -0.25) is 4.79 Å². The van der Waals surface area contributed by atoms with Crippen LogP contribution in [0.15, 0.2) is 24.3 Å². The minimum absolute atomic E-state index is 0.00231. The van der Waals surface area contributed by atoms with Gasteiger partial charge >= 0.3 is 0 Å². The zero-order valence-electron chi connectivity index (χ0n) is 7.45. The molecular weight excluding hydrogens is 184 g/mol. The lowest BCUT2D eigenvalue weighted by Gasteiger charge is -2.32. The molecule has 0 aromatic carbocycles. The van der Waals surface area contributed by atoms with Crippen LogP contribution in [0.5, 0.6) is 0 Å². The van der Waals surface area contributed by atoms with Gasteiger partial charge in [0, 0.05) is 10.2 Å². The molecule has 0 spiro atoms. The van der Waals surface area contributed by atoms with Crippen molar-refractivity contribution in [3.63, 3.8) is 0 Å². The quantitative estimate of drug-likeness (QED) is 0.520. The third kappa shape index (κ3) is 1.72. The van der Waals surface area contributed by atoms with Crippen LogP contribution >= 0.6 is 12.6 Å². The van der Waals surface area contributed by atoms with Crippen LogP contribution in [-0.4, -0.2) is 15.4 Å². The molecule has 2 unspecified atom stereocenters. The fourth-order valence-corrected chi connectivity index (χ4v) is 2.75. The summed E-state index contributed by atoms with van der Waals surface area (Å²) in [5.74, 6) is 0.00231. The van der Waals surface area contributed by atoms with Crippen LogP contribution in [0.1, 0.15) is 13.3 Å². The van der Waals surface area contributed by atoms with Crippen molar-refractivity contribution in [3.8, 4) is 0 Å². The first-order valence-corrected chi connectivity index (χ1v) is 5.63. The van der Waals surface area contributed by atoms with Gasteiger partial charge in [0.15, 0.2) is 5.12 Å². The minimum Gasteiger partial charge on any atom is -0.287 e. The molecule has 0 aromatic rings. The standard InChI is InChI=1S/C9H14OSSi/c1-2-9(12)6-4-3-5-7(9)8(10)11/h3-7H,2H2,1,12H3,(H,10,11). The second-order valence-corrected chi connectivity index (χ2v) is 5.72. The van der Waals surface area contributed by atoms with Crippen molar-refractivity contribution >= 4 is 28.0 Å². The maximum absolute atomic E-state index is 11.2. The number of carbonyl (C=O) groups excluding carboxylic acids is 1. The van der Waals surface area contributed by atoms with Crippen LogP contribution in [0.25, 0.3) is 0 Å². The van der Waals surface area contributed by atoms with Crippen LogP contribution in [0, 0.1) is 5.92 Å². The molecule has 1 rings (SSSR count). The fraction of sp³-hybridized carbons (Fsp3) is 0.444. The molecule has 0 saturated heterocycles. The zero-order valence-corrected chi connectivity index (χ0v) is 10.3. The number of carbonyl (C=O) groups is 1. The zero-order chi connectivity index (χ0) is 9.19. The SMILES string of the molecule is CCC1([SiH3])C=CC=CC1C(=O)S. The molecule has 0 aliphatic heterocycles. The van der Waals surface area contributed by atoms with Crippen molar-refractivity contribution in [1.82, 2.24) is 0 Å². The van der Waals surface area contributed by atoms with E-state index in [9.17, 15) is 4.79 Å². The van der Waals surface area contributed by atoms with Gasteiger partial charge in [0.2, 0.25) is 0 Å². The molecule has 0 N–H and O–H groups in total. The summed E-state index contributed by atoms with van der Waals surface area (Å²) in [7, 11) is 1.00. The highest BCUT2D eigenvalue weighted by Gasteiger charge is 2.32. The maximum atomic E-state index is 11.2. The van der Waals surface area contributed by atoms with Crippen LogP contribution < -0.4 is 0 Å². The van der Waals surface area contributed by atoms with Crippen molar-refractivity contribution in [2.75, 3.05) is 0 Å². The second-order valence-electron chi connectivity index (χ2n) is 3.42. The van der Waals surface area contributed by atoms with Crippen molar-refractivity contribution in [2.24, 2.45) is 5.92 Å². The van der Waals surface area contributed by atoms with E-state index in [0.717, 1.165) is 16.7 Å². The van der Waals surface area contributed by atoms with E-state index in [4.69, 9.17) is 0 Å². The maximum Gasteiger partial charge on any atom is 0.193 e. The van der Waals surface area contributed by atoms with Gasteiger partial charge in [0.1, 0.15) is 0 Å². The summed E-state index contributed by atoms with van der Waals surface area (Å²) in [5.41, 5.74) is 0. The van der Waals surface area contributed by atoms with Gasteiger partial charge in [-0.05, 0) is 11.5 Å². The van der Waals surface area contributed by atoms with Gasteiger partial charge in [-0.25, -0.2) is 0 Å². The molecule has 0 amide bonds. The molecule has 66 valence electrons. The normalized spacial score (nSPS) is 34.0. The Morgan fingerprint density at radius 2 is 2.33 bits per heavy atom.